The van der Waals surface area contributed by atoms with E-state index in [0.717, 1.165) is 16.0 Å². The summed E-state index contributed by atoms with van der Waals surface area (Å²) in [4.78, 5) is 0. The number of benzene rings is 1. The molecule has 1 aliphatic rings. The lowest BCUT2D eigenvalue weighted by atomic mass is 10.3. The monoisotopic (exact) mass is 253 g/mol. The highest BCUT2D eigenvalue weighted by Crippen LogP contribution is 2.21. The van der Waals surface area contributed by atoms with Crippen molar-refractivity contribution < 1.29 is 0 Å². The molecule has 74 valence electrons. The van der Waals surface area contributed by atoms with Crippen molar-refractivity contribution in [3.8, 4) is 0 Å². The maximum Gasteiger partial charge on any atom is 0.116 e. The average Bonchev–Trinajstić information content (AvgIpc) is 2.47. The van der Waals surface area contributed by atoms with Gasteiger partial charge in [-0.25, -0.2) is 5.43 Å². The predicted molar refractivity (Wildman–Crippen MR) is 61.5 cm³/mol. The van der Waals surface area contributed by atoms with Crippen LogP contribution in [0.15, 0.2) is 40.6 Å². The summed E-state index contributed by atoms with van der Waals surface area (Å²) in [6.45, 7) is 2.06. The van der Waals surface area contributed by atoms with Crippen molar-refractivity contribution in [2.75, 3.05) is 5.01 Å². The third-order valence-electron chi connectivity index (χ3n) is 2.10. The van der Waals surface area contributed by atoms with E-state index in [0.29, 0.717) is 6.04 Å². The highest BCUT2D eigenvalue weighted by Gasteiger charge is 2.18. The van der Waals surface area contributed by atoms with Crippen molar-refractivity contribution in [1.29, 1.82) is 0 Å². The summed E-state index contributed by atoms with van der Waals surface area (Å²) in [7, 11) is 0. The van der Waals surface area contributed by atoms with E-state index in [1.54, 1.807) is 0 Å². The van der Waals surface area contributed by atoms with E-state index in [-0.39, 0.29) is 0 Å². The van der Waals surface area contributed by atoms with Crippen molar-refractivity contribution in [2.24, 2.45) is 5.73 Å². The fraction of sp³-hybridized carbons (Fsp3) is 0.200. The third-order valence-corrected chi connectivity index (χ3v) is 2.63. The van der Waals surface area contributed by atoms with Gasteiger partial charge in [0.05, 0.1) is 5.69 Å². The molecule has 1 aliphatic heterocycles. The van der Waals surface area contributed by atoms with Gasteiger partial charge < -0.3 is 5.73 Å². The number of halogens is 1. The maximum absolute atomic E-state index is 5.85. The minimum absolute atomic E-state index is 0.290. The van der Waals surface area contributed by atoms with Gasteiger partial charge in [0.1, 0.15) is 5.82 Å². The zero-order chi connectivity index (χ0) is 10.1. The quantitative estimate of drug-likeness (QED) is 0.805. The molecule has 0 amide bonds. The van der Waals surface area contributed by atoms with Gasteiger partial charge in [-0.1, -0.05) is 15.9 Å². The Balaban J connectivity index is 2.25. The van der Waals surface area contributed by atoms with Gasteiger partial charge in [0.25, 0.3) is 0 Å². The lowest BCUT2D eigenvalue weighted by Crippen LogP contribution is -2.37. The zero-order valence-electron chi connectivity index (χ0n) is 7.87. The van der Waals surface area contributed by atoms with Crippen LogP contribution in [-0.2, 0) is 0 Å². The molecule has 1 aromatic rings. The van der Waals surface area contributed by atoms with Crippen LogP contribution in [0, 0.1) is 0 Å². The van der Waals surface area contributed by atoms with Gasteiger partial charge in [0, 0.05) is 10.5 Å². The van der Waals surface area contributed by atoms with E-state index in [4.69, 9.17) is 5.73 Å². The number of nitrogens with one attached hydrogen (secondary N) is 1. The van der Waals surface area contributed by atoms with Gasteiger partial charge in [-0.3, -0.25) is 5.01 Å². The molecule has 0 saturated carbocycles. The Morgan fingerprint density at radius 1 is 1.36 bits per heavy atom. The lowest BCUT2D eigenvalue weighted by Gasteiger charge is -2.20. The molecular formula is C10H12BrN3. The predicted octanol–water partition coefficient (Wildman–Crippen LogP) is 1.96. The summed E-state index contributed by atoms with van der Waals surface area (Å²) >= 11 is 3.40. The number of hydrogen-bond acceptors (Lipinski definition) is 3. The number of nitrogens with two attached hydrogens (primary N) is 1. The van der Waals surface area contributed by atoms with Crippen LogP contribution < -0.4 is 16.2 Å². The van der Waals surface area contributed by atoms with E-state index >= 15 is 0 Å². The van der Waals surface area contributed by atoms with Crippen LogP contribution in [0.4, 0.5) is 5.69 Å². The van der Waals surface area contributed by atoms with Crippen LogP contribution in [0.2, 0.25) is 0 Å². The first kappa shape index (κ1) is 9.55. The minimum atomic E-state index is 0.290. The van der Waals surface area contributed by atoms with E-state index in [1.165, 1.54) is 0 Å². The minimum Gasteiger partial charge on any atom is -0.384 e. The summed E-state index contributed by atoms with van der Waals surface area (Å²) in [5, 5.41) is 1.89. The summed E-state index contributed by atoms with van der Waals surface area (Å²) in [6.07, 6.45) is 1.99. The molecule has 1 atom stereocenters. The van der Waals surface area contributed by atoms with Gasteiger partial charge in [-0.15, -0.1) is 0 Å². The average molecular weight is 254 g/mol. The van der Waals surface area contributed by atoms with Crippen molar-refractivity contribution in [2.45, 2.75) is 13.0 Å². The standard InChI is InChI=1S/C10H12BrN3/c1-7-6-10(12)14(13-7)9-4-2-8(11)3-5-9/h2-7,13H,12H2,1H3. The molecule has 0 aliphatic carbocycles. The maximum atomic E-state index is 5.85. The van der Waals surface area contributed by atoms with E-state index < -0.39 is 0 Å². The molecule has 1 unspecified atom stereocenters. The van der Waals surface area contributed by atoms with Gasteiger partial charge in [-0.2, -0.15) is 0 Å². The first-order chi connectivity index (χ1) is 6.66. The first-order valence-electron chi connectivity index (χ1n) is 4.46. The Bertz CT molecular complexity index is 358. The largest absolute Gasteiger partial charge is 0.384 e. The molecule has 1 heterocycles. The number of anilines is 1. The number of nitrogens with zero attached hydrogens (tertiary/aromatic N) is 1. The van der Waals surface area contributed by atoms with Gasteiger partial charge in [-0.05, 0) is 37.3 Å². The molecule has 3 N–H and O–H groups in total. The van der Waals surface area contributed by atoms with Crippen LogP contribution in [0.5, 0.6) is 0 Å². The SMILES string of the molecule is CC1C=C(N)N(c2ccc(Br)cc2)N1. The summed E-state index contributed by atoms with van der Waals surface area (Å²) in [5.41, 5.74) is 10.1. The van der Waals surface area contributed by atoms with Crippen molar-refractivity contribution in [1.82, 2.24) is 5.43 Å². The van der Waals surface area contributed by atoms with Crippen LogP contribution in [-0.4, -0.2) is 6.04 Å². The Morgan fingerprint density at radius 2 is 2.00 bits per heavy atom. The number of rotatable bonds is 1. The molecule has 3 nitrogen and oxygen atoms in total. The van der Waals surface area contributed by atoms with Gasteiger partial charge in [0.2, 0.25) is 0 Å². The summed E-state index contributed by atoms with van der Waals surface area (Å²) in [6, 6.07) is 8.30. The van der Waals surface area contributed by atoms with Crippen molar-refractivity contribution in [3.63, 3.8) is 0 Å². The molecule has 0 bridgehead atoms. The smallest absolute Gasteiger partial charge is 0.116 e. The van der Waals surface area contributed by atoms with Crippen molar-refractivity contribution >= 4 is 21.6 Å². The van der Waals surface area contributed by atoms with Gasteiger partial charge >= 0.3 is 0 Å². The Labute approximate surface area is 91.7 Å². The molecule has 2 rings (SSSR count). The molecule has 0 aromatic heterocycles. The molecular weight excluding hydrogens is 242 g/mol. The Kier molecular flexibility index (Phi) is 2.48. The lowest BCUT2D eigenvalue weighted by molar-refractivity contribution is 0.673. The molecule has 0 fully saturated rings. The number of hydrogen-bond donors (Lipinski definition) is 2. The fourth-order valence-corrected chi connectivity index (χ4v) is 1.72. The fourth-order valence-electron chi connectivity index (χ4n) is 1.46. The van der Waals surface area contributed by atoms with E-state index in [2.05, 4.69) is 28.3 Å². The Morgan fingerprint density at radius 3 is 2.50 bits per heavy atom. The van der Waals surface area contributed by atoms with Gasteiger partial charge in [0.15, 0.2) is 0 Å². The molecule has 1 aromatic carbocycles. The Hall–Kier alpha value is -1.00. The summed E-state index contributed by atoms with van der Waals surface area (Å²) in [5.74, 6) is 0.750. The normalized spacial score (nSPS) is 21.1. The second-order valence-electron chi connectivity index (χ2n) is 3.32. The number of hydrazine groups is 1. The van der Waals surface area contributed by atoms with E-state index in [9.17, 15) is 0 Å². The second kappa shape index (κ2) is 3.63. The topological polar surface area (TPSA) is 41.3 Å². The zero-order valence-corrected chi connectivity index (χ0v) is 9.45. The molecule has 14 heavy (non-hydrogen) atoms. The molecule has 4 heteroatoms. The molecule has 0 radical (unpaired) electrons. The van der Waals surface area contributed by atoms with E-state index in [1.807, 2.05) is 35.4 Å². The van der Waals surface area contributed by atoms with Crippen LogP contribution >= 0.6 is 15.9 Å². The molecule has 0 saturated heterocycles. The third kappa shape index (κ3) is 1.76. The first-order valence-corrected chi connectivity index (χ1v) is 5.25. The highest BCUT2D eigenvalue weighted by atomic mass is 79.9. The van der Waals surface area contributed by atoms with Crippen LogP contribution in [0.25, 0.3) is 0 Å². The highest BCUT2D eigenvalue weighted by molar-refractivity contribution is 9.10. The second-order valence-corrected chi connectivity index (χ2v) is 4.24. The summed E-state index contributed by atoms with van der Waals surface area (Å²) < 4.78 is 1.07. The van der Waals surface area contributed by atoms with Crippen LogP contribution in [0.1, 0.15) is 6.92 Å². The molecule has 0 spiro atoms. The van der Waals surface area contributed by atoms with Crippen molar-refractivity contribution in [3.05, 3.63) is 40.6 Å². The van der Waals surface area contributed by atoms with Crippen LogP contribution in [0.3, 0.4) is 0 Å².